The van der Waals surface area contributed by atoms with Crippen LogP contribution in [0.1, 0.15) is 29.3 Å². The highest BCUT2D eigenvalue weighted by molar-refractivity contribution is 6.31. The Morgan fingerprint density at radius 1 is 1.54 bits per heavy atom. The molecule has 1 rings (SSSR count). The third-order valence-electron chi connectivity index (χ3n) is 1.87. The average molecular weight is 199 g/mol. The van der Waals surface area contributed by atoms with Gasteiger partial charge in [-0.1, -0.05) is 30.7 Å². The van der Waals surface area contributed by atoms with Gasteiger partial charge in [-0.2, -0.15) is 0 Å². The number of rotatable bonds is 3. The first-order chi connectivity index (χ1) is 6.19. The van der Waals surface area contributed by atoms with Crippen molar-refractivity contribution in [3.63, 3.8) is 0 Å². The normalized spacial score (nSPS) is 10.1. The largest absolute Gasteiger partial charge is 0.392 e. The van der Waals surface area contributed by atoms with Gasteiger partial charge in [-0.05, 0) is 11.6 Å². The van der Waals surface area contributed by atoms with Gasteiger partial charge in [-0.25, -0.2) is 0 Å². The molecule has 0 unspecified atom stereocenters. The van der Waals surface area contributed by atoms with E-state index < -0.39 is 0 Å². The van der Waals surface area contributed by atoms with Crippen LogP contribution in [-0.2, 0) is 6.61 Å². The van der Waals surface area contributed by atoms with Crippen LogP contribution < -0.4 is 0 Å². The highest BCUT2D eigenvalue weighted by Crippen LogP contribution is 2.18. The second-order valence-electron chi connectivity index (χ2n) is 2.74. The lowest BCUT2D eigenvalue weighted by Gasteiger charge is -2.02. The van der Waals surface area contributed by atoms with Crippen LogP contribution in [0.3, 0.4) is 0 Å². The smallest absolute Gasteiger partial charge is 0.162 e. The first kappa shape index (κ1) is 10.2. The lowest BCUT2D eigenvalue weighted by molar-refractivity contribution is 0.0988. The highest BCUT2D eigenvalue weighted by atomic mass is 35.5. The predicted octanol–water partition coefficient (Wildman–Crippen LogP) is 2.43. The van der Waals surface area contributed by atoms with Crippen LogP contribution in [-0.4, -0.2) is 10.9 Å². The maximum absolute atomic E-state index is 11.2. The van der Waals surface area contributed by atoms with Gasteiger partial charge >= 0.3 is 0 Å². The first-order valence-corrected chi connectivity index (χ1v) is 4.49. The number of benzene rings is 1. The zero-order valence-electron chi connectivity index (χ0n) is 7.38. The van der Waals surface area contributed by atoms with Crippen molar-refractivity contribution in [2.45, 2.75) is 20.0 Å². The topological polar surface area (TPSA) is 37.3 Å². The van der Waals surface area contributed by atoms with Gasteiger partial charge in [0.05, 0.1) is 6.61 Å². The molecular weight excluding hydrogens is 188 g/mol. The van der Waals surface area contributed by atoms with Gasteiger partial charge in [-0.3, -0.25) is 4.79 Å². The van der Waals surface area contributed by atoms with Gasteiger partial charge < -0.3 is 5.11 Å². The molecule has 0 atom stereocenters. The summed E-state index contributed by atoms with van der Waals surface area (Å²) in [7, 11) is 0. The number of aliphatic hydroxyl groups excluding tert-OH is 1. The monoisotopic (exact) mass is 198 g/mol. The summed E-state index contributed by atoms with van der Waals surface area (Å²) < 4.78 is 0. The van der Waals surface area contributed by atoms with E-state index in [1.54, 1.807) is 25.1 Å². The molecule has 0 aliphatic rings. The second kappa shape index (κ2) is 4.40. The maximum Gasteiger partial charge on any atom is 0.162 e. The molecule has 0 saturated heterocycles. The van der Waals surface area contributed by atoms with E-state index in [2.05, 4.69) is 0 Å². The molecule has 3 heteroatoms. The minimum Gasteiger partial charge on any atom is -0.392 e. The number of ketones is 1. The Hall–Kier alpha value is -0.860. The molecular formula is C10H11ClO2. The van der Waals surface area contributed by atoms with E-state index in [0.29, 0.717) is 22.6 Å². The molecule has 0 spiro atoms. The van der Waals surface area contributed by atoms with Crippen LogP contribution in [0.15, 0.2) is 18.2 Å². The van der Waals surface area contributed by atoms with Crippen molar-refractivity contribution in [2.24, 2.45) is 0 Å². The standard InChI is InChI=1S/C10H11ClO2/c1-2-10(13)7-3-4-8(6-12)9(11)5-7/h3-5,12H,2,6H2,1H3. The van der Waals surface area contributed by atoms with E-state index in [-0.39, 0.29) is 12.4 Å². The molecule has 13 heavy (non-hydrogen) atoms. The Bertz CT molecular complexity index is 321. The summed E-state index contributed by atoms with van der Waals surface area (Å²) in [6.07, 6.45) is 0.467. The fourth-order valence-corrected chi connectivity index (χ4v) is 1.29. The van der Waals surface area contributed by atoms with Crippen LogP contribution in [0.5, 0.6) is 0 Å². The summed E-state index contributed by atoms with van der Waals surface area (Å²) in [6, 6.07) is 4.95. The van der Waals surface area contributed by atoms with Crippen molar-refractivity contribution in [3.8, 4) is 0 Å². The number of carbonyl (C=O) groups is 1. The minimum atomic E-state index is -0.0978. The maximum atomic E-state index is 11.2. The zero-order chi connectivity index (χ0) is 9.84. The van der Waals surface area contributed by atoms with Gasteiger partial charge in [0.2, 0.25) is 0 Å². The van der Waals surface area contributed by atoms with Crippen molar-refractivity contribution in [3.05, 3.63) is 34.3 Å². The average Bonchev–Trinajstić information content (AvgIpc) is 2.16. The van der Waals surface area contributed by atoms with Gasteiger partial charge in [0.25, 0.3) is 0 Å². The number of carbonyl (C=O) groups excluding carboxylic acids is 1. The second-order valence-corrected chi connectivity index (χ2v) is 3.15. The molecule has 0 aliphatic heterocycles. The van der Waals surface area contributed by atoms with E-state index in [1.807, 2.05) is 0 Å². The Morgan fingerprint density at radius 2 is 2.23 bits per heavy atom. The number of halogens is 1. The van der Waals surface area contributed by atoms with Gasteiger partial charge in [0.15, 0.2) is 5.78 Å². The number of aliphatic hydroxyl groups is 1. The molecule has 1 N–H and O–H groups in total. The fraction of sp³-hybridized carbons (Fsp3) is 0.300. The van der Waals surface area contributed by atoms with E-state index in [1.165, 1.54) is 0 Å². The van der Waals surface area contributed by atoms with Crippen LogP contribution in [0.4, 0.5) is 0 Å². The van der Waals surface area contributed by atoms with Gasteiger partial charge in [0.1, 0.15) is 0 Å². The summed E-state index contributed by atoms with van der Waals surface area (Å²) in [6.45, 7) is 1.70. The van der Waals surface area contributed by atoms with Crippen LogP contribution >= 0.6 is 11.6 Å². The molecule has 1 aromatic rings. The van der Waals surface area contributed by atoms with E-state index in [4.69, 9.17) is 16.7 Å². The summed E-state index contributed by atoms with van der Waals surface area (Å²) >= 11 is 5.82. The first-order valence-electron chi connectivity index (χ1n) is 4.11. The zero-order valence-corrected chi connectivity index (χ0v) is 8.14. The number of hydrogen-bond donors (Lipinski definition) is 1. The van der Waals surface area contributed by atoms with Crippen LogP contribution in [0.25, 0.3) is 0 Å². The predicted molar refractivity (Wildman–Crippen MR) is 52.0 cm³/mol. The Balaban J connectivity index is 3.02. The van der Waals surface area contributed by atoms with Gasteiger partial charge in [0, 0.05) is 17.0 Å². The van der Waals surface area contributed by atoms with Crippen LogP contribution in [0.2, 0.25) is 5.02 Å². The molecule has 0 saturated carbocycles. The highest BCUT2D eigenvalue weighted by Gasteiger charge is 2.05. The Labute approximate surface area is 82.2 Å². The molecule has 0 fully saturated rings. The molecule has 0 amide bonds. The van der Waals surface area contributed by atoms with Crippen LogP contribution in [0, 0.1) is 0 Å². The summed E-state index contributed by atoms with van der Waals surface area (Å²) in [5.41, 5.74) is 1.25. The van der Waals surface area contributed by atoms with Crippen molar-refractivity contribution in [1.82, 2.24) is 0 Å². The molecule has 0 radical (unpaired) electrons. The number of Topliss-reactive ketones (excluding diaryl/α,β-unsaturated/α-hetero) is 1. The van der Waals surface area contributed by atoms with Crippen molar-refractivity contribution >= 4 is 17.4 Å². The number of hydrogen-bond acceptors (Lipinski definition) is 2. The lowest BCUT2D eigenvalue weighted by Crippen LogP contribution is -1.97. The van der Waals surface area contributed by atoms with Gasteiger partial charge in [-0.15, -0.1) is 0 Å². The molecule has 2 nitrogen and oxygen atoms in total. The summed E-state index contributed by atoms with van der Waals surface area (Å²) in [4.78, 5) is 11.2. The Kier molecular flexibility index (Phi) is 3.46. The molecule has 0 bridgehead atoms. The molecule has 1 aromatic carbocycles. The van der Waals surface area contributed by atoms with E-state index >= 15 is 0 Å². The summed E-state index contributed by atoms with van der Waals surface area (Å²) in [5.74, 6) is 0.0615. The molecule has 0 aromatic heterocycles. The van der Waals surface area contributed by atoms with Crippen molar-refractivity contribution in [2.75, 3.05) is 0 Å². The fourth-order valence-electron chi connectivity index (χ4n) is 1.05. The SMILES string of the molecule is CCC(=O)c1ccc(CO)c(Cl)c1. The molecule has 70 valence electrons. The quantitative estimate of drug-likeness (QED) is 0.758. The van der Waals surface area contributed by atoms with Crippen molar-refractivity contribution < 1.29 is 9.90 Å². The van der Waals surface area contributed by atoms with Crippen molar-refractivity contribution in [1.29, 1.82) is 0 Å². The Morgan fingerprint density at radius 3 is 2.69 bits per heavy atom. The lowest BCUT2D eigenvalue weighted by atomic mass is 10.1. The molecule has 0 heterocycles. The third kappa shape index (κ3) is 2.29. The summed E-state index contributed by atoms with van der Waals surface area (Å²) in [5, 5.41) is 9.28. The molecule has 0 aliphatic carbocycles. The van der Waals surface area contributed by atoms with E-state index in [0.717, 1.165) is 0 Å². The van der Waals surface area contributed by atoms with E-state index in [9.17, 15) is 4.79 Å². The minimum absolute atomic E-state index is 0.0615. The third-order valence-corrected chi connectivity index (χ3v) is 2.22.